The van der Waals surface area contributed by atoms with E-state index < -0.39 is 0 Å². The first-order valence-electron chi connectivity index (χ1n) is 9.68. The van der Waals surface area contributed by atoms with Crippen molar-refractivity contribution in [1.82, 2.24) is 9.88 Å². The van der Waals surface area contributed by atoms with Gasteiger partial charge >= 0.3 is 0 Å². The van der Waals surface area contributed by atoms with Crippen LogP contribution in [-0.4, -0.2) is 28.9 Å². The third-order valence-electron chi connectivity index (χ3n) is 5.39. The SMILES string of the molecule is O=C(c1ccc(-c2ccc(F)cc2)o1)N1CCC(c2nc3ccccc3s2)CC1. The minimum atomic E-state index is -0.299. The summed E-state index contributed by atoms with van der Waals surface area (Å²) in [7, 11) is 0. The van der Waals surface area contributed by atoms with Gasteiger partial charge in [-0.1, -0.05) is 12.1 Å². The van der Waals surface area contributed by atoms with E-state index in [1.54, 1.807) is 35.6 Å². The van der Waals surface area contributed by atoms with Gasteiger partial charge in [0.15, 0.2) is 5.76 Å². The Kier molecular flexibility index (Phi) is 4.64. The summed E-state index contributed by atoms with van der Waals surface area (Å²) in [4.78, 5) is 19.5. The van der Waals surface area contributed by atoms with Crippen molar-refractivity contribution in [2.24, 2.45) is 0 Å². The molecule has 1 amide bonds. The Labute approximate surface area is 171 Å². The second kappa shape index (κ2) is 7.44. The number of amides is 1. The maximum Gasteiger partial charge on any atom is 0.289 e. The van der Waals surface area contributed by atoms with Gasteiger partial charge in [0.05, 0.1) is 15.2 Å². The highest BCUT2D eigenvalue weighted by atomic mass is 32.1. The van der Waals surface area contributed by atoms with Crippen molar-refractivity contribution >= 4 is 27.5 Å². The van der Waals surface area contributed by atoms with E-state index >= 15 is 0 Å². The molecule has 6 heteroatoms. The van der Waals surface area contributed by atoms with E-state index in [0.717, 1.165) is 28.9 Å². The number of fused-ring (bicyclic) bond motifs is 1. The van der Waals surface area contributed by atoms with Gasteiger partial charge < -0.3 is 9.32 Å². The van der Waals surface area contributed by atoms with Crippen LogP contribution in [0.1, 0.15) is 34.3 Å². The Balaban J connectivity index is 1.26. The number of thiazole rings is 1. The molecular formula is C23H19FN2O2S. The number of nitrogens with zero attached hydrogens (tertiary/aromatic N) is 2. The lowest BCUT2D eigenvalue weighted by Crippen LogP contribution is -2.37. The first-order chi connectivity index (χ1) is 14.2. The molecule has 0 radical (unpaired) electrons. The molecule has 0 unspecified atom stereocenters. The summed E-state index contributed by atoms with van der Waals surface area (Å²) in [6.07, 6.45) is 1.80. The van der Waals surface area contributed by atoms with Crippen LogP contribution >= 0.6 is 11.3 Å². The van der Waals surface area contributed by atoms with Crippen molar-refractivity contribution in [2.75, 3.05) is 13.1 Å². The fourth-order valence-corrected chi connectivity index (χ4v) is 4.91. The zero-order chi connectivity index (χ0) is 19.8. The van der Waals surface area contributed by atoms with E-state index in [9.17, 15) is 9.18 Å². The molecule has 5 rings (SSSR count). The molecule has 0 atom stereocenters. The number of carbonyl (C=O) groups is 1. The smallest absolute Gasteiger partial charge is 0.289 e. The van der Waals surface area contributed by atoms with Crippen LogP contribution in [0, 0.1) is 5.82 Å². The molecule has 2 aromatic heterocycles. The third-order valence-corrected chi connectivity index (χ3v) is 6.59. The second-order valence-corrected chi connectivity index (χ2v) is 8.32. The standard InChI is InChI=1S/C23H19FN2O2S/c24-17-7-5-15(6-8-17)19-9-10-20(28-19)23(27)26-13-11-16(12-14-26)22-25-18-3-1-2-4-21(18)29-22/h1-10,16H,11-14H2. The normalized spacial score (nSPS) is 15.1. The summed E-state index contributed by atoms with van der Waals surface area (Å²) in [5.41, 5.74) is 1.80. The molecule has 0 spiro atoms. The predicted molar refractivity (Wildman–Crippen MR) is 112 cm³/mol. The van der Waals surface area contributed by atoms with Crippen molar-refractivity contribution in [3.63, 3.8) is 0 Å². The molecule has 0 N–H and O–H groups in total. The van der Waals surface area contributed by atoms with Crippen molar-refractivity contribution < 1.29 is 13.6 Å². The summed E-state index contributed by atoms with van der Waals surface area (Å²) >= 11 is 1.75. The van der Waals surface area contributed by atoms with Gasteiger partial charge in [0, 0.05) is 24.6 Å². The van der Waals surface area contributed by atoms with E-state index in [2.05, 4.69) is 6.07 Å². The average molecular weight is 406 g/mol. The van der Waals surface area contributed by atoms with Crippen LogP contribution in [0.5, 0.6) is 0 Å². The zero-order valence-corrected chi connectivity index (χ0v) is 16.5. The molecule has 4 aromatic rings. The van der Waals surface area contributed by atoms with Crippen LogP contribution in [0.2, 0.25) is 0 Å². The zero-order valence-electron chi connectivity index (χ0n) is 15.7. The monoisotopic (exact) mass is 406 g/mol. The van der Waals surface area contributed by atoms with Crippen LogP contribution in [0.15, 0.2) is 65.1 Å². The molecule has 4 nitrogen and oxygen atoms in total. The largest absolute Gasteiger partial charge is 0.451 e. The van der Waals surface area contributed by atoms with Crippen molar-refractivity contribution in [3.05, 3.63) is 77.2 Å². The fraction of sp³-hybridized carbons (Fsp3) is 0.217. The number of rotatable bonds is 3. The van der Waals surface area contributed by atoms with E-state index in [1.807, 2.05) is 23.1 Å². The van der Waals surface area contributed by atoms with E-state index in [-0.39, 0.29) is 11.7 Å². The van der Waals surface area contributed by atoms with E-state index in [4.69, 9.17) is 9.40 Å². The molecule has 1 fully saturated rings. The lowest BCUT2D eigenvalue weighted by molar-refractivity contribution is 0.0681. The van der Waals surface area contributed by atoms with Gasteiger partial charge in [0.1, 0.15) is 11.6 Å². The topological polar surface area (TPSA) is 46.3 Å². The number of hydrogen-bond acceptors (Lipinski definition) is 4. The number of carbonyl (C=O) groups excluding carboxylic acids is 1. The van der Waals surface area contributed by atoms with Gasteiger partial charge in [0.25, 0.3) is 5.91 Å². The van der Waals surface area contributed by atoms with Gasteiger partial charge in [-0.05, 0) is 61.4 Å². The molecular weight excluding hydrogens is 387 g/mol. The quantitative estimate of drug-likeness (QED) is 0.437. The number of piperidine rings is 1. The molecule has 0 bridgehead atoms. The molecule has 2 aromatic carbocycles. The highest BCUT2D eigenvalue weighted by Crippen LogP contribution is 2.34. The lowest BCUT2D eigenvalue weighted by Gasteiger charge is -2.30. The third kappa shape index (κ3) is 3.56. The number of halogens is 1. The molecule has 0 saturated carbocycles. The molecule has 3 heterocycles. The first kappa shape index (κ1) is 18.1. The summed E-state index contributed by atoms with van der Waals surface area (Å²) in [6, 6.07) is 17.7. The number of benzene rings is 2. The molecule has 1 aliphatic heterocycles. The lowest BCUT2D eigenvalue weighted by atomic mass is 9.97. The number of para-hydroxylation sites is 1. The van der Waals surface area contributed by atoms with Crippen molar-refractivity contribution in [2.45, 2.75) is 18.8 Å². The van der Waals surface area contributed by atoms with Gasteiger partial charge in [0.2, 0.25) is 0 Å². The number of aromatic nitrogens is 1. The number of likely N-dealkylation sites (tertiary alicyclic amines) is 1. The predicted octanol–water partition coefficient (Wildman–Crippen LogP) is 5.72. The Morgan fingerprint density at radius 2 is 1.79 bits per heavy atom. The van der Waals surface area contributed by atoms with Crippen molar-refractivity contribution in [3.8, 4) is 11.3 Å². The highest BCUT2D eigenvalue weighted by molar-refractivity contribution is 7.18. The highest BCUT2D eigenvalue weighted by Gasteiger charge is 2.28. The minimum absolute atomic E-state index is 0.0962. The Hall–Kier alpha value is -2.99. The van der Waals surface area contributed by atoms with E-state index in [0.29, 0.717) is 30.5 Å². The summed E-state index contributed by atoms with van der Waals surface area (Å²) in [5, 5.41) is 1.16. The summed E-state index contributed by atoms with van der Waals surface area (Å²) in [6.45, 7) is 1.37. The van der Waals surface area contributed by atoms with Gasteiger partial charge in [-0.2, -0.15) is 0 Å². The minimum Gasteiger partial charge on any atom is -0.451 e. The van der Waals surface area contributed by atoms with Crippen LogP contribution in [-0.2, 0) is 0 Å². The molecule has 1 aliphatic rings. The number of furan rings is 1. The van der Waals surface area contributed by atoms with Gasteiger partial charge in [-0.15, -0.1) is 11.3 Å². The van der Waals surface area contributed by atoms with E-state index in [1.165, 1.54) is 16.8 Å². The van der Waals surface area contributed by atoms with Gasteiger partial charge in [-0.3, -0.25) is 4.79 Å². The molecule has 146 valence electrons. The first-order valence-corrected chi connectivity index (χ1v) is 10.5. The summed E-state index contributed by atoms with van der Waals surface area (Å²) < 4.78 is 20.1. The molecule has 29 heavy (non-hydrogen) atoms. The molecule has 1 saturated heterocycles. The average Bonchev–Trinajstić information content (AvgIpc) is 3.41. The second-order valence-electron chi connectivity index (χ2n) is 7.26. The summed E-state index contributed by atoms with van der Waals surface area (Å²) in [5.74, 6) is 0.886. The maximum atomic E-state index is 13.1. The van der Waals surface area contributed by atoms with Crippen LogP contribution in [0.3, 0.4) is 0 Å². The Morgan fingerprint density at radius 1 is 1.03 bits per heavy atom. The Morgan fingerprint density at radius 3 is 2.55 bits per heavy atom. The van der Waals surface area contributed by atoms with Crippen LogP contribution in [0.25, 0.3) is 21.5 Å². The molecule has 0 aliphatic carbocycles. The number of hydrogen-bond donors (Lipinski definition) is 0. The fourth-order valence-electron chi connectivity index (χ4n) is 3.77. The maximum absolute atomic E-state index is 13.1. The van der Waals surface area contributed by atoms with Crippen molar-refractivity contribution in [1.29, 1.82) is 0 Å². The Bertz CT molecular complexity index is 1120. The van der Waals surface area contributed by atoms with Crippen LogP contribution in [0.4, 0.5) is 4.39 Å². The van der Waals surface area contributed by atoms with Gasteiger partial charge in [-0.25, -0.2) is 9.37 Å². The van der Waals surface area contributed by atoms with Crippen LogP contribution < -0.4 is 0 Å².